The van der Waals surface area contributed by atoms with Gasteiger partial charge in [-0.1, -0.05) is 52.7 Å². The third-order valence-corrected chi connectivity index (χ3v) is 4.03. The van der Waals surface area contributed by atoms with E-state index in [1.54, 1.807) is 0 Å². The van der Waals surface area contributed by atoms with Crippen LogP contribution in [-0.2, 0) is 0 Å². The van der Waals surface area contributed by atoms with Crippen LogP contribution in [0.25, 0.3) is 11.0 Å². The van der Waals surface area contributed by atoms with Gasteiger partial charge in [0.15, 0.2) is 0 Å². The molecule has 2 nitrogen and oxygen atoms in total. The summed E-state index contributed by atoms with van der Waals surface area (Å²) in [5.41, 5.74) is 1.98. The van der Waals surface area contributed by atoms with Gasteiger partial charge in [0.1, 0.15) is 11.3 Å². The van der Waals surface area contributed by atoms with Crippen molar-refractivity contribution in [2.45, 2.75) is 13.0 Å². The highest BCUT2D eigenvalue weighted by atomic mass is 79.9. The third kappa shape index (κ3) is 3.15. The third-order valence-electron chi connectivity index (χ3n) is 3.36. The maximum absolute atomic E-state index is 6.17. The first kappa shape index (κ1) is 14.6. The summed E-state index contributed by atoms with van der Waals surface area (Å²) in [6.45, 7) is 2.92. The van der Waals surface area contributed by atoms with Gasteiger partial charge in [-0.15, -0.1) is 0 Å². The van der Waals surface area contributed by atoms with Crippen LogP contribution >= 0.6 is 27.5 Å². The molecule has 0 spiro atoms. The molecule has 1 atom stereocenters. The van der Waals surface area contributed by atoms with Gasteiger partial charge in [0.25, 0.3) is 0 Å². The number of rotatable bonds is 4. The molecule has 1 heterocycles. The molecule has 4 heteroatoms. The van der Waals surface area contributed by atoms with E-state index in [2.05, 4.69) is 46.4 Å². The second-order valence-electron chi connectivity index (χ2n) is 4.88. The summed E-state index contributed by atoms with van der Waals surface area (Å²) in [6, 6.07) is 16.0. The monoisotopic (exact) mass is 363 g/mol. The van der Waals surface area contributed by atoms with Crippen molar-refractivity contribution in [2.24, 2.45) is 0 Å². The van der Waals surface area contributed by atoms with E-state index in [1.165, 1.54) is 0 Å². The summed E-state index contributed by atoms with van der Waals surface area (Å²) in [7, 11) is 0. The Labute approximate surface area is 137 Å². The summed E-state index contributed by atoms with van der Waals surface area (Å²) in [5.74, 6) is 0.896. The van der Waals surface area contributed by atoms with Crippen LogP contribution in [-0.4, -0.2) is 6.54 Å². The van der Waals surface area contributed by atoms with Gasteiger partial charge in [0.05, 0.1) is 6.04 Å². The summed E-state index contributed by atoms with van der Waals surface area (Å²) < 4.78 is 6.96. The zero-order chi connectivity index (χ0) is 14.8. The molecule has 3 aromatic rings. The molecule has 0 radical (unpaired) electrons. The molecule has 0 aliphatic heterocycles. The van der Waals surface area contributed by atoms with E-state index >= 15 is 0 Å². The van der Waals surface area contributed by atoms with Gasteiger partial charge in [0.2, 0.25) is 0 Å². The molecule has 0 bridgehead atoms. The molecule has 21 heavy (non-hydrogen) atoms. The fraction of sp³-hybridized carbons (Fsp3) is 0.176. The molecule has 0 fully saturated rings. The average molecular weight is 365 g/mol. The van der Waals surface area contributed by atoms with Crippen LogP contribution in [0.15, 0.2) is 57.4 Å². The fourth-order valence-corrected chi connectivity index (χ4v) is 3.36. The lowest BCUT2D eigenvalue weighted by molar-refractivity contribution is 0.477. The molecular formula is C17H15BrClNO. The Bertz CT molecular complexity index is 715. The maximum Gasteiger partial charge on any atom is 0.134 e. The number of hydrogen-bond donors (Lipinski definition) is 1. The van der Waals surface area contributed by atoms with E-state index in [9.17, 15) is 0 Å². The second-order valence-corrected chi connectivity index (χ2v) is 6.23. The van der Waals surface area contributed by atoms with Crippen LogP contribution in [0.1, 0.15) is 24.3 Å². The highest BCUT2D eigenvalue weighted by Gasteiger charge is 2.18. The predicted octanol–water partition coefficient (Wildman–Crippen LogP) is 5.55. The SMILES string of the molecule is CCNC(c1cc(Cl)cc(Br)c1)c1cc2ccccc2o1. The first-order valence-electron chi connectivity index (χ1n) is 6.85. The van der Waals surface area contributed by atoms with E-state index in [1.807, 2.05) is 30.3 Å². The Morgan fingerprint density at radius 1 is 1.19 bits per heavy atom. The Hall–Kier alpha value is -1.29. The van der Waals surface area contributed by atoms with Crippen LogP contribution < -0.4 is 5.32 Å². The van der Waals surface area contributed by atoms with E-state index in [0.717, 1.165) is 33.3 Å². The van der Waals surface area contributed by atoms with Crippen molar-refractivity contribution < 1.29 is 4.42 Å². The minimum atomic E-state index is -0.0163. The number of para-hydroxylation sites is 1. The molecule has 1 unspecified atom stereocenters. The molecule has 1 N–H and O–H groups in total. The standard InChI is InChI=1S/C17H15BrClNO/c1-2-20-17(12-7-13(18)10-14(19)8-12)16-9-11-5-3-4-6-15(11)21-16/h3-10,17,20H,2H2,1H3. The van der Waals surface area contributed by atoms with Crippen molar-refractivity contribution in [3.05, 3.63) is 69.3 Å². The molecule has 3 rings (SSSR count). The van der Waals surface area contributed by atoms with Crippen molar-refractivity contribution >= 4 is 38.5 Å². The van der Waals surface area contributed by atoms with Gasteiger partial charge < -0.3 is 9.73 Å². The number of hydrogen-bond acceptors (Lipinski definition) is 2. The zero-order valence-electron chi connectivity index (χ0n) is 11.6. The summed E-state index contributed by atoms with van der Waals surface area (Å²) in [6.07, 6.45) is 0. The maximum atomic E-state index is 6.17. The molecule has 0 saturated heterocycles. The first-order valence-corrected chi connectivity index (χ1v) is 8.02. The molecule has 108 valence electrons. The minimum absolute atomic E-state index is 0.0163. The number of fused-ring (bicyclic) bond motifs is 1. The summed E-state index contributed by atoms with van der Waals surface area (Å²) in [4.78, 5) is 0. The van der Waals surface area contributed by atoms with Crippen LogP contribution in [0.5, 0.6) is 0 Å². The quantitative estimate of drug-likeness (QED) is 0.657. The van der Waals surface area contributed by atoms with Gasteiger partial charge in [-0.2, -0.15) is 0 Å². The Morgan fingerprint density at radius 3 is 2.71 bits per heavy atom. The molecule has 0 saturated carbocycles. The van der Waals surface area contributed by atoms with Crippen molar-refractivity contribution in [1.82, 2.24) is 5.32 Å². The Morgan fingerprint density at radius 2 is 2.00 bits per heavy atom. The van der Waals surface area contributed by atoms with Crippen molar-refractivity contribution in [3.8, 4) is 0 Å². The number of nitrogens with one attached hydrogen (secondary N) is 1. The largest absolute Gasteiger partial charge is 0.459 e. The van der Waals surface area contributed by atoms with Gasteiger partial charge in [0, 0.05) is 14.9 Å². The molecule has 0 aliphatic rings. The summed E-state index contributed by atoms with van der Waals surface area (Å²) >= 11 is 9.67. The predicted molar refractivity (Wildman–Crippen MR) is 90.9 cm³/mol. The van der Waals surface area contributed by atoms with Crippen LogP contribution in [0.3, 0.4) is 0 Å². The van der Waals surface area contributed by atoms with Gasteiger partial charge in [-0.05, 0) is 42.4 Å². The lowest BCUT2D eigenvalue weighted by Crippen LogP contribution is -2.21. The van der Waals surface area contributed by atoms with E-state index in [-0.39, 0.29) is 6.04 Å². The Kier molecular flexibility index (Phi) is 4.34. The molecular weight excluding hydrogens is 350 g/mol. The normalized spacial score (nSPS) is 12.7. The molecule has 1 aromatic heterocycles. The van der Waals surface area contributed by atoms with Gasteiger partial charge >= 0.3 is 0 Å². The number of furan rings is 1. The highest BCUT2D eigenvalue weighted by molar-refractivity contribution is 9.10. The van der Waals surface area contributed by atoms with Crippen molar-refractivity contribution in [3.63, 3.8) is 0 Å². The minimum Gasteiger partial charge on any atom is -0.459 e. The average Bonchev–Trinajstić information content (AvgIpc) is 2.87. The van der Waals surface area contributed by atoms with Gasteiger partial charge in [-0.3, -0.25) is 0 Å². The lowest BCUT2D eigenvalue weighted by Gasteiger charge is -2.16. The Balaban J connectivity index is 2.08. The molecule has 0 amide bonds. The van der Waals surface area contributed by atoms with Gasteiger partial charge in [-0.25, -0.2) is 0 Å². The lowest BCUT2D eigenvalue weighted by atomic mass is 10.0. The van der Waals surface area contributed by atoms with Crippen LogP contribution in [0, 0.1) is 0 Å². The first-order chi connectivity index (χ1) is 10.2. The number of halogens is 2. The molecule has 0 aliphatic carbocycles. The van der Waals surface area contributed by atoms with E-state index < -0.39 is 0 Å². The topological polar surface area (TPSA) is 25.2 Å². The smallest absolute Gasteiger partial charge is 0.134 e. The van der Waals surface area contributed by atoms with Crippen LogP contribution in [0.4, 0.5) is 0 Å². The van der Waals surface area contributed by atoms with E-state index in [4.69, 9.17) is 16.0 Å². The van der Waals surface area contributed by atoms with Crippen molar-refractivity contribution in [2.75, 3.05) is 6.54 Å². The number of benzene rings is 2. The molecule has 2 aromatic carbocycles. The second kappa shape index (κ2) is 6.22. The van der Waals surface area contributed by atoms with Crippen molar-refractivity contribution in [1.29, 1.82) is 0 Å². The van der Waals surface area contributed by atoms with E-state index in [0.29, 0.717) is 5.02 Å². The summed E-state index contributed by atoms with van der Waals surface area (Å²) in [5, 5.41) is 5.27. The fourth-order valence-electron chi connectivity index (χ4n) is 2.47. The highest BCUT2D eigenvalue weighted by Crippen LogP contribution is 2.31. The van der Waals surface area contributed by atoms with Crippen LogP contribution in [0.2, 0.25) is 5.02 Å². The zero-order valence-corrected chi connectivity index (χ0v) is 13.9.